The molecule has 1 heterocycles. The number of hydrogen-bond donors (Lipinski definition) is 1. The zero-order chi connectivity index (χ0) is 18.0. The summed E-state index contributed by atoms with van der Waals surface area (Å²) < 4.78 is 36.4. The van der Waals surface area contributed by atoms with Crippen LogP contribution in [0.2, 0.25) is 5.02 Å². The van der Waals surface area contributed by atoms with Crippen molar-refractivity contribution in [3.63, 3.8) is 0 Å². The fourth-order valence-corrected chi connectivity index (χ4v) is 6.37. The molecule has 1 fully saturated rings. The van der Waals surface area contributed by atoms with Gasteiger partial charge in [0.05, 0.1) is 22.1 Å². The molecule has 1 aliphatic rings. The summed E-state index contributed by atoms with van der Waals surface area (Å²) in [7, 11) is -2.98. The summed E-state index contributed by atoms with van der Waals surface area (Å²) in [6.07, 6.45) is 0.580. The molecule has 0 aliphatic carbocycles. The third-order valence-corrected chi connectivity index (χ3v) is 7.41. The molecule has 1 aliphatic heterocycles. The molecule has 0 unspecified atom stereocenters. The molecular formula is C17H15ClFNO3S2. The van der Waals surface area contributed by atoms with Crippen LogP contribution in [-0.2, 0) is 9.84 Å². The summed E-state index contributed by atoms with van der Waals surface area (Å²) in [6.45, 7) is 0. The zero-order valence-corrected chi connectivity index (χ0v) is 15.4. The maximum Gasteiger partial charge on any atom is 0.256 e. The normalized spacial score (nSPS) is 18.9. The van der Waals surface area contributed by atoms with Gasteiger partial charge in [-0.2, -0.15) is 0 Å². The molecule has 2 aromatic carbocycles. The van der Waals surface area contributed by atoms with Crippen molar-refractivity contribution < 1.29 is 17.6 Å². The smallest absolute Gasteiger partial charge is 0.256 e. The van der Waals surface area contributed by atoms with Gasteiger partial charge in [0.2, 0.25) is 0 Å². The summed E-state index contributed by atoms with van der Waals surface area (Å²) in [6, 6.07) is 11.0. The van der Waals surface area contributed by atoms with Gasteiger partial charge in [0, 0.05) is 15.8 Å². The summed E-state index contributed by atoms with van der Waals surface area (Å²) in [5.74, 6) is -0.599. The third kappa shape index (κ3) is 4.54. The fourth-order valence-electron chi connectivity index (χ4n) is 2.56. The Morgan fingerprint density at radius 2 is 2.00 bits per heavy atom. The van der Waals surface area contributed by atoms with Gasteiger partial charge < -0.3 is 5.32 Å². The van der Waals surface area contributed by atoms with Crippen LogP contribution in [0.1, 0.15) is 16.8 Å². The van der Waals surface area contributed by atoms with E-state index in [1.165, 1.54) is 30.0 Å². The maximum atomic E-state index is 13.2. The van der Waals surface area contributed by atoms with E-state index in [1.54, 1.807) is 24.3 Å². The molecule has 0 radical (unpaired) electrons. The number of rotatable bonds is 4. The van der Waals surface area contributed by atoms with Crippen LogP contribution in [0, 0.1) is 5.82 Å². The Kier molecular flexibility index (Phi) is 5.36. The van der Waals surface area contributed by atoms with Gasteiger partial charge in [-0.05, 0) is 36.8 Å². The molecule has 1 saturated heterocycles. The summed E-state index contributed by atoms with van der Waals surface area (Å²) in [5.41, 5.74) is 0.830. The molecule has 0 saturated carbocycles. The van der Waals surface area contributed by atoms with Crippen LogP contribution in [0.15, 0.2) is 47.4 Å². The largest absolute Gasteiger partial charge is 0.322 e. The van der Waals surface area contributed by atoms with E-state index in [0.29, 0.717) is 17.7 Å². The molecule has 0 bridgehead atoms. The molecule has 1 atom stereocenters. The Labute approximate surface area is 154 Å². The number of halogens is 2. The third-order valence-electron chi connectivity index (χ3n) is 3.79. The lowest BCUT2D eigenvalue weighted by molar-refractivity contribution is 0.102. The van der Waals surface area contributed by atoms with E-state index in [1.807, 2.05) is 0 Å². The molecule has 0 aromatic heterocycles. The maximum absolute atomic E-state index is 13.2. The second-order valence-corrected chi connectivity index (χ2v) is 9.70. The Bertz CT molecular complexity index is 918. The van der Waals surface area contributed by atoms with E-state index in [2.05, 4.69) is 5.32 Å². The lowest BCUT2D eigenvalue weighted by Crippen LogP contribution is -2.14. The van der Waals surface area contributed by atoms with Gasteiger partial charge in [0.25, 0.3) is 5.91 Å². The molecular weight excluding hydrogens is 385 g/mol. The molecule has 2 aromatic rings. The van der Waals surface area contributed by atoms with Gasteiger partial charge in [0.15, 0.2) is 9.84 Å². The van der Waals surface area contributed by atoms with Crippen molar-refractivity contribution in [1.29, 1.82) is 0 Å². The standard InChI is InChI=1S/C17H15ClFNO3S2/c18-14-9-11(5-6-15(14)19)20-17(21)13-3-1-2-4-16(13)24-12-7-8-25(22,23)10-12/h1-6,9,12H,7-8,10H2,(H,20,21)/t12-/m0/s1. The van der Waals surface area contributed by atoms with Crippen LogP contribution in [0.3, 0.4) is 0 Å². The Morgan fingerprint density at radius 3 is 2.68 bits per heavy atom. The van der Waals surface area contributed by atoms with Gasteiger partial charge in [-0.15, -0.1) is 11.8 Å². The molecule has 8 heteroatoms. The number of sulfone groups is 1. The van der Waals surface area contributed by atoms with Crippen LogP contribution in [-0.4, -0.2) is 31.1 Å². The number of thioether (sulfide) groups is 1. The molecule has 4 nitrogen and oxygen atoms in total. The molecule has 0 spiro atoms. The van der Waals surface area contributed by atoms with E-state index < -0.39 is 15.7 Å². The van der Waals surface area contributed by atoms with Crippen molar-refractivity contribution in [2.24, 2.45) is 0 Å². The Morgan fingerprint density at radius 1 is 1.24 bits per heavy atom. The van der Waals surface area contributed by atoms with Gasteiger partial charge in [-0.25, -0.2) is 12.8 Å². The highest BCUT2D eigenvalue weighted by molar-refractivity contribution is 8.02. The number of nitrogens with one attached hydrogen (secondary N) is 1. The number of amides is 1. The van der Waals surface area contributed by atoms with E-state index >= 15 is 0 Å². The van der Waals surface area contributed by atoms with Gasteiger partial charge in [-0.3, -0.25) is 4.79 Å². The van der Waals surface area contributed by atoms with Crippen molar-refractivity contribution in [1.82, 2.24) is 0 Å². The molecule has 1 N–H and O–H groups in total. The Hall–Kier alpha value is -1.57. The second kappa shape index (κ2) is 7.35. The van der Waals surface area contributed by atoms with Gasteiger partial charge >= 0.3 is 0 Å². The van der Waals surface area contributed by atoms with Crippen LogP contribution >= 0.6 is 23.4 Å². The highest BCUT2D eigenvalue weighted by Crippen LogP contribution is 2.33. The van der Waals surface area contributed by atoms with Crippen LogP contribution in [0.5, 0.6) is 0 Å². The molecule has 132 valence electrons. The minimum absolute atomic E-state index is 0.0563. The molecule has 3 rings (SSSR count). The first-order chi connectivity index (χ1) is 11.8. The first-order valence-electron chi connectivity index (χ1n) is 7.56. The summed E-state index contributed by atoms with van der Waals surface area (Å²) in [5, 5.41) is 2.56. The van der Waals surface area contributed by atoms with Crippen LogP contribution < -0.4 is 5.32 Å². The van der Waals surface area contributed by atoms with E-state index in [0.717, 1.165) is 4.90 Å². The monoisotopic (exact) mass is 399 g/mol. The average molecular weight is 400 g/mol. The number of hydrogen-bond acceptors (Lipinski definition) is 4. The number of anilines is 1. The predicted molar refractivity (Wildman–Crippen MR) is 98.7 cm³/mol. The van der Waals surface area contributed by atoms with Crippen molar-refractivity contribution in [2.45, 2.75) is 16.6 Å². The van der Waals surface area contributed by atoms with Gasteiger partial charge in [-0.1, -0.05) is 23.7 Å². The second-order valence-electron chi connectivity index (χ2n) is 5.72. The Balaban J connectivity index is 1.77. The molecule has 25 heavy (non-hydrogen) atoms. The SMILES string of the molecule is O=C(Nc1ccc(F)c(Cl)c1)c1ccccc1S[C@H]1CCS(=O)(=O)C1. The lowest BCUT2D eigenvalue weighted by Gasteiger charge is -2.13. The summed E-state index contributed by atoms with van der Waals surface area (Å²) in [4.78, 5) is 13.3. The lowest BCUT2D eigenvalue weighted by atomic mass is 10.2. The number of benzene rings is 2. The number of carbonyl (C=O) groups excluding carboxylic acids is 1. The average Bonchev–Trinajstić information content (AvgIpc) is 2.90. The molecule has 1 amide bonds. The van der Waals surface area contributed by atoms with E-state index in [4.69, 9.17) is 11.6 Å². The minimum atomic E-state index is -2.98. The number of carbonyl (C=O) groups is 1. The van der Waals surface area contributed by atoms with Crippen LogP contribution in [0.25, 0.3) is 0 Å². The quantitative estimate of drug-likeness (QED) is 0.843. The van der Waals surface area contributed by atoms with E-state index in [-0.39, 0.29) is 27.7 Å². The topological polar surface area (TPSA) is 63.2 Å². The predicted octanol–water partition coefficient (Wildman–Crippen LogP) is 4.01. The van der Waals surface area contributed by atoms with Crippen LogP contribution in [0.4, 0.5) is 10.1 Å². The minimum Gasteiger partial charge on any atom is -0.322 e. The highest BCUT2D eigenvalue weighted by atomic mass is 35.5. The first kappa shape index (κ1) is 18.2. The van der Waals surface area contributed by atoms with Crippen molar-refractivity contribution in [3.8, 4) is 0 Å². The summed E-state index contributed by atoms with van der Waals surface area (Å²) >= 11 is 7.13. The van der Waals surface area contributed by atoms with Crippen molar-refractivity contribution >= 4 is 44.8 Å². The van der Waals surface area contributed by atoms with Gasteiger partial charge in [0.1, 0.15) is 5.82 Å². The zero-order valence-electron chi connectivity index (χ0n) is 13.0. The first-order valence-corrected chi connectivity index (χ1v) is 10.6. The fraction of sp³-hybridized carbons (Fsp3) is 0.235. The van der Waals surface area contributed by atoms with E-state index in [9.17, 15) is 17.6 Å². The highest BCUT2D eigenvalue weighted by Gasteiger charge is 2.29. The van der Waals surface area contributed by atoms with Crippen molar-refractivity contribution in [3.05, 3.63) is 58.9 Å². The van der Waals surface area contributed by atoms with Crippen molar-refractivity contribution in [2.75, 3.05) is 16.8 Å².